The van der Waals surface area contributed by atoms with Crippen LogP contribution in [0.2, 0.25) is 0 Å². The van der Waals surface area contributed by atoms with E-state index < -0.39 is 12.0 Å². The lowest BCUT2D eigenvalue weighted by atomic mass is 9.83. The van der Waals surface area contributed by atoms with E-state index >= 15 is 0 Å². The molecule has 1 aliphatic rings. The topological polar surface area (TPSA) is 86.0 Å². The number of nitrogens with one attached hydrogen (secondary N) is 1. The Bertz CT molecular complexity index is 572. The van der Waals surface area contributed by atoms with Crippen LogP contribution in [0.15, 0.2) is 6.07 Å². The molecule has 0 aromatic carbocycles. The van der Waals surface area contributed by atoms with E-state index in [0.29, 0.717) is 16.9 Å². The minimum absolute atomic E-state index is 0.122. The van der Waals surface area contributed by atoms with Crippen molar-refractivity contribution in [3.05, 3.63) is 23.0 Å². The molecule has 1 atom stereocenters. The molecule has 0 saturated heterocycles. The fourth-order valence-corrected chi connectivity index (χ4v) is 3.10. The smallest absolute Gasteiger partial charge is 0.326 e. The Kier molecular flexibility index (Phi) is 4.79. The van der Waals surface area contributed by atoms with E-state index in [1.54, 1.807) is 13.0 Å². The molecule has 5 heteroatoms. The first-order chi connectivity index (χ1) is 10.0. The van der Waals surface area contributed by atoms with Crippen LogP contribution in [0.4, 0.5) is 5.69 Å². The highest BCUT2D eigenvalue weighted by Gasteiger charge is 2.30. The summed E-state index contributed by atoms with van der Waals surface area (Å²) < 4.78 is 0. The maximum Gasteiger partial charge on any atom is 0.326 e. The monoisotopic (exact) mass is 287 g/mol. The lowest BCUT2D eigenvalue weighted by Crippen LogP contribution is -2.38. The molecule has 1 heterocycles. The predicted molar refractivity (Wildman–Crippen MR) is 80.0 cm³/mol. The summed E-state index contributed by atoms with van der Waals surface area (Å²) in [5.74, 6) is -0.727. The second-order valence-electron chi connectivity index (χ2n) is 5.74. The summed E-state index contributed by atoms with van der Waals surface area (Å²) in [5.41, 5.74) is 2.43. The Balaban J connectivity index is 2.29. The third kappa shape index (κ3) is 3.52. The lowest BCUT2D eigenvalue weighted by Gasteiger charge is -2.29. The van der Waals surface area contributed by atoms with E-state index in [1.807, 2.05) is 6.92 Å². The first-order valence-electron chi connectivity index (χ1n) is 7.40. The molecule has 1 aromatic heterocycles. The number of anilines is 1. The minimum Gasteiger partial charge on any atom is -0.480 e. The van der Waals surface area contributed by atoms with Gasteiger partial charge < -0.3 is 10.4 Å². The van der Waals surface area contributed by atoms with Crippen LogP contribution in [-0.2, 0) is 4.79 Å². The number of hydrogen-bond acceptors (Lipinski definition) is 4. The van der Waals surface area contributed by atoms with Gasteiger partial charge in [0.05, 0.1) is 16.9 Å². The standard InChI is InChI=1S/C16H21N3O2/c1-10-8-14(13(9-17)11(2)18-10)19-15(16(20)21)12-6-4-3-5-7-12/h8,12,15H,3-7H2,1-2H3,(H,18,19)(H,20,21). The first-order valence-corrected chi connectivity index (χ1v) is 7.40. The van der Waals surface area contributed by atoms with Gasteiger partial charge in [-0.05, 0) is 38.7 Å². The van der Waals surface area contributed by atoms with Crippen LogP contribution < -0.4 is 5.32 Å². The van der Waals surface area contributed by atoms with Crippen molar-refractivity contribution in [2.45, 2.75) is 52.0 Å². The predicted octanol–water partition coefficient (Wildman–Crippen LogP) is 3.02. The van der Waals surface area contributed by atoms with Crippen LogP contribution in [0, 0.1) is 31.1 Å². The molecule has 2 N–H and O–H groups in total. The Morgan fingerprint density at radius 3 is 2.67 bits per heavy atom. The SMILES string of the molecule is Cc1cc(NC(C(=O)O)C2CCCCC2)c(C#N)c(C)n1. The average molecular weight is 287 g/mol. The minimum atomic E-state index is -0.849. The molecule has 1 fully saturated rings. The zero-order valence-electron chi connectivity index (χ0n) is 12.5. The highest BCUT2D eigenvalue weighted by Crippen LogP contribution is 2.29. The maximum absolute atomic E-state index is 11.6. The van der Waals surface area contributed by atoms with E-state index in [-0.39, 0.29) is 5.92 Å². The fraction of sp³-hybridized carbons (Fsp3) is 0.562. The second kappa shape index (κ2) is 6.57. The molecule has 0 bridgehead atoms. The van der Waals surface area contributed by atoms with Crippen molar-refractivity contribution in [3.8, 4) is 6.07 Å². The van der Waals surface area contributed by atoms with E-state index in [4.69, 9.17) is 0 Å². The first kappa shape index (κ1) is 15.3. The van der Waals surface area contributed by atoms with Gasteiger partial charge in [0.25, 0.3) is 0 Å². The van der Waals surface area contributed by atoms with Gasteiger partial charge in [-0.2, -0.15) is 5.26 Å². The van der Waals surface area contributed by atoms with Gasteiger partial charge in [0.1, 0.15) is 12.1 Å². The van der Waals surface area contributed by atoms with Crippen LogP contribution >= 0.6 is 0 Å². The molecule has 5 nitrogen and oxygen atoms in total. The Morgan fingerprint density at radius 2 is 2.10 bits per heavy atom. The van der Waals surface area contributed by atoms with E-state index in [1.165, 1.54) is 6.42 Å². The summed E-state index contributed by atoms with van der Waals surface area (Å²) in [6, 6.07) is 3.23. The van der Waals surface area contributed by atoms with E-state index in [9.17, 15) is 15.2 Å². The van der Waals surface area contributed by atoms with Crippen LogP contribution in [0.25, 0.3) is 0 Å². The normalized spacial score (nSPS) is 17.0. The molecule has 1 aromatic rings. The van der Waals surface area contributed by atoms with E-state index in [2.05, 4.69) is 16.4 Å². The molecule has 0 spiro atoms. The third-order valence-corrected chi connectivity index (χ3v) is 4.14. The summed E-state index contributed by atoms with van der Waals surface area (Å²) in [4.78, 5) is 15.9. The number of nitrogens with zero attached hydrogens (tertiary/aromatic N) is 2. The number of aryl methyl sites for hydroxylation is 2. The Hall–Kier alpha value is -2.09. The highest BCUT2D eigenvalue weighted by atomic mass is 16.4. The number of pyridine rings is 1. The number of hydrogen-bond donors (Lipinski definition) is 2. The van der Waals surface area contributed by atoms with Gasteiger partial charge in [0.15, 0.2) is 0 Å². The number of carbonyl (C=O) groups is 1. The number of nitriles is 1. The molecule has 0 amide bonds. The zero-order valence-corrected chi connectivity index (χ0v) is 12.5. The van der Waals surface area contributed by atoms with Gasteiger partial charge in [0, 0.05) is 5.69 Å². The third-order valence-electron chi connectivity index (χ3n) is 4.14. The van der Waals surface area contributed by atoms with Gasteiger partial charge >= 0.3 is 5.97 Å². The number of aliphatic carboxylic acids is 1. The van der Waals surface area contributed by atoms with Crippen molar-refractivity contribution in [1.82, 2.24) is 4.98 Å². The van der Waals surface area contributed by atoms with Gasteiger partial charge in [-0.1, -0.05) is 19.3 Å². The molecule has 112 valence electrons. The van der Waals surface area contributed by atoms with Gasteiger partial charge in [-0.3, -0.25) is 4.98 Å². The molecular formula is C16H21N3O2. The summed E-state index contributed by atoms with van der Waals surface area (Å²) in [6.45, 7) is 3.61. The van der Waals surface area contributed by atoms with Crippen molar-refractivity contribution in [3.63, 3.8) is 0 Å². The number of rotatable bonds is 4. The van der Waals surface area contributed by atoms with Crippen molar-refractivity contribution in [1.29, 1.82) is 5.26 Å². The Morgan fingerprint density at radius 1 is 1.43 bits per heavy atom. The molecule has 0 aliphatic heterocycles. The highest BCUT2D eigenvalue weighted by molar-refractivity contribution is 5.79. The molecular weight excluding hydrogens is 266 g/mol. The van der Waals surface area contributed by atoms with Gasteiger partial charge in [-0.15, -0.1) is 0 Å². The molecule has 0 radical (unpaired) electrons. The molecule has 1 unspecified atom stereocenters. The molecule has 21 heavy (non-hydrogen) atoms. The largest absolute Gasteiger partial charge is 0.480 e. The van der Waals surface area contributed by atoms with Crippen molar-refractivity contribution < 1.29 is 9.90 Å². The van der Waals surface area contributed by atoms with Gasteiger partial charge in [-0.25, -0.2) is 4.79 Å². The van der Waals surface area contributed by atoms with Gasteiger partial charge in [0.2, 0.25) is 0 Å². The summed E-state index contributed by atoms with van der Waals surface area (Å²) in [5, 5.41) is 21.9. The van der Waals surface area contributed by atoms with Crippen LogP contribution in [0.1, 0.15) is 49.1 Å². The second-order valence-corrected chi connectivity index (χ2v) is 5.74. The quantitative estimate of drug-likeness (QED) is 0.889. The average Bonchev–Trinajstić information content (AvgIpc) is 2.45. The molecule has 2 rings (SSSR count). The van der Waals surface area contributed by atoms with Crippen molar-refractivity contribution >= 4 is 11.7 Å². The van der Waals surface area contributed by atoms with Crippen LogP contribution in [0.3, 0.4) is 0 Å². The van der Waals surface area contributed by atoms with Crippen LogP contribution in [-0.4, -0.2) is 22.1 Å². The van der Waals surface area contributed by atoms with E-state index in [0.717, 1.165) is 31.4 Å². The summed E-state index contributed by atoms with van der Waals surface area (Å²) >= 11 is 0. The van der Waals surface area contributed by atoms with Crippen molar-refractivity contribution in [2.24, 2.45) is 5.92 Å². The number of carboxylic acids is 1. The van der Waals surface area contributed by atoms with Crippen molar-refractivity contribution in [2.75, 3.05) is 5.32 Å². The number of aromatic nitrogens is 1. The lowest BCUT2D eigenvalue weighted by molar-refractivity contribution is -0.139. The zero-order chi connectivity index (χ0) is 15.4. The summed E-state index contributed by atoms with van der Waals surface area (Å²) in [6.07, 6.45) is 5.19. The molecule has 1 saturated carbocycles. The fourth-order valence-electron chi connectivity index (χ4n) is 3.10. The molecule has 1 aliphatic carbocycles. The van der Waals surface area contributed by atoms with Crippen LogP contribution in [0.5, 0.6) is 0 Å². The summed E-state index contributed by atoms with van der Waals surface area (Å²) in [7, 11) is 0. The number of carboxylic acid groups (broad SMARTS) is 1. The Labute approximate surface area is 125 Å². The maximum atomic E-state index is 11.6.